The maximum atomic E-state index is 12.9. The summed E-state index contributed by atoms with van der Waals surface area (Å²) in [5.41, 5.74) is 6.10. The van der Waals surface area contributed by atoms with E-state index in [4.69, 9.17) is 10.8 Å². The van der Waals surface area contributed by atoms with Crippen LogP contribution in [0.3, 0.4) is 0 Å². The van der Waals surface area contributed by atoms with E-state index in [9.17, 15) is 9.18 Å². The van der Waals surface area contributed by atoms with Crippen LogP contribution in [0.5, 0.6) is 0 Å². The van der Waals surface area contributed by atoms with E-state index in [1.165, 1.54) is 12.1 Å². The third kappa shape index (κ3) is 2.39. The molecular weight excluding hydrogens is 223 g/mol. The Balaban J connectivity index is 2.15. The van der Waals surface area contributed by atoms with Gasteiger partial charge in [-0.05, 0) is 24.6 Å². The summed E-state index contributed by atoms with van der Waals surface area (Å²) in [6.45, 7) is 1.23. The predicted molar refractivity (Wildman–Crippen MR) is 61.9 cm³/mol. The first-order valence-corrected chi connectivity index (χ1v) is 5.57. The van der Waals surface area contributed by atoms with Crippen molar-refractivity contribution >= 4 is 11.6 Å². The van der Waals surface area contributed by atoms with E-state index < -0.39 is 5.82 Å². The molecule has 1 aliphatic rings. The number of carbonyl (C=O) groups is 1. The third-order valence-corrected chi connectivity index (χ3v) is 3.08. The molecule has 0 aromatic heterocycles. The van der Waals surface area contributed by atoms with Crippen LogP contribution in [0.1, 0.15) is 16.8 Å². The fourth-order valence-electron chi connectivity index (χ4n) is 2.06. The normalized spacial score (nSPS) is 19.6. The summed E-state index contributed by atoms with van der Waals surface area (Å²) in [4.78, 5) is 13.7. The lowest BCUT2D eigenvalue weighted by atomic mass is 10.1. The predicted octanol–water partition coefficient (Wildman–Crippen LogP) is 0.862. The van der Waals surface area contributed by atoms with Gasteiger partial charge in [-0.1, -0.05) is 0 Å². The number of aliphatic hydroxyl groups excluding tert-OH is 1. The molecule has 3 N–H and O–H groups in total. The van der Waals surface area contributed by atoms with Gasteiger partial charge in [0.1, 0.15) is 5.82 Å². The van der Waals surface area contributed by atoms with E-state index in [1.54, 1.807) is 4.90 Å². The van der Waals surface area contributed by atoms with Crippen LogP contribution in [0.4, 0.5) is 10.1 Å². The van der Waals surface area contributed by atoms with Crippen LogP contribution in [0.2, 0.25) is 0 Å². The molecule has 4 nitrogen and oxygen atoms in total. The van der Waals surface area contributed by atoms with Gasteiger partial charge in [0.05, 0.1) is 5.56 Å². The van der Waals surface area contributed by atoms with Crippen molar-refractivity contribution in [3.05, 3.63) is 29.6 Å². The molecule has 0 saturated carbocycles. The number of likely N-dealkylation sites (tertiary alicyclic amines) is 1. The van der Waals surface area contributed by atoms with Crippen LogP contribution < -0.4 is 5.73 Å². The van der Waals surface area contributed by atoms with E-state index in [0.717, 1.165) is 12.5 Å². The number of rotatable bonds is 2. The Morgan fingerprint density at radius 3 is 2.94 bits per heavy atom. The zero-order valence-corrected chi connectivity index (χ0v) is 9.40. The van der Waals surface area contributed by atoms with Gasteiger partial charge in [0.15, 0.2) is 0 Å². The molecule has 1 atom stereocenters. The SMILES string of the molecule is Nc1cc(F)ccc1C(=O)N1CCC(CO)C1. The van der Waals surface area contributed by atoms with Crippen LogP contribution in [-0.2, 0) is 0 Å². The monoisotopic (exact) mass is 238 g/mol. The molecule has 0 aliphatic carbocycles. The Morgan fingerprint density at radius 2 is 2.35 bits per heavy atom. The highest BCUT2D eigenvalue weighted by Gasteiger charge is 2.27. The molecule has 1 heterocycles. The maximum Gasteiger partial charge on any atom is 0.255 e. The summed E-state index contributed by atoms with van der Waals surface area (Å²) >= 11 is 0. The molecule has 1 fully saturated rings. The second-order valence-corrected chi connectivity index (χ2v) is 4.32. The number of benzene rings is 1. The van der Waals surface area contributed by atoms with Crippen molar-refractivity contribution in [3.8, 4) is 0 Å². The van der Waals surface area contributed by atoms with Gasteiger partial charge in [0, 0.05) is 31.3 Å². The average molecular weight is 238 g/mol. The number of halogens is 1. The van der Waals surface area contributed by atoms with Crippen molar-refractivity contribution in [2.75, 3.05) is 25.4 Å². The lowest BCUT2D eigenvalue weighted by Gasteiger charge is -2.17. The molecule has 1 unspecified atom stereocenters. The fraction of sp³-hybridized carbons (Fsp3) is 0.417. The smallest absolute Gasteiger partial charge is 0.255 e. The molecule has 1 saturated heterocycles. The first-order chi connectivity index (χ1) is 8.11. The Bertz CT molecular complexity index is 437. The molecular formula is C12H15FN2O2. The van der Waals surface area contributed by atoms with Crippen LogP contribution >= 0.6 is 0 Å². The van der Waals surface area contributed by atoms with Gasteiger partial charge in [-0.25, -0.2) is 4.39 Å². The molecule has 0 bridgehead atoms. The Kier molecular flexibility index (Phi) is 3.28. The highest BCUT2D eigenvalue weighted by atomic mass is 19.1. The van der Waals surface area contributed by atoms with Crippen molar-refractivity contribution < 1.29 is 14.3 Å². The van der Waals surface area contributed by atoms with Gasteiger partial charge >= 0.3 is 0 Å². The van der Waals surface area contributed by atoms with Gasteiger partial charge in [0.2, 0.25) is 0 Å². The zero-order valence-electron chi connectivity index (χ0n) is 9.40. The van der Waals surface area contributed by atoms with Crippen LogP contribution in [0.25, 0.3) is 0 Å². The number of aliphatic hydroxyl groups is 1. The van der Waals surface area contributed by atoms with Crippen LogP contribution in [0, 0.1) is 11.7 Å². The number of nitrogens with two attached hydrogens (primary N) is 1. The molecule has 5 heteroatoms. The number of amides is 1. The maximum absolute atomic E-state index is 12.9. The van der Waals surface area contributed by atoms with Crippen molar-refractivity contribution in [1.29, 1.82) is 0 Å². The lowest BCUT2D eigenvalue weighted by Crippen LogP contribution is -2.29. The molecule has 1 aromatic rings. The van der Waals surface area contributed by atoms with Crippen molar-refractivity contribution in [1.82, 2.24) is 4.90 Å². The van der Waals surface area contributed by atoms with Crippen LogP contribution in [0.15, 0.2) is 18.2 Å². The van der Waals surface area contributed by atoms with E-state index in [-0.39, 0.29) is 24.1 Å². The minimum Gasteiger partial charge on any atom is -0.398 e. The number of anilines is 1. The Labute approximate surface area is 98.8 Å². The molecule has 1 amide bonds. The quantitative estimate of drug-likeness (QED) is 0.751. The number of nitrogen functional groups attached to an aromatic ring is 1. The summed E-state index contributed by atoms with van der Waals surface area (Å²) < 4.78 is 12.9. The van der Waals surface area contributed by atoms with Crippen molar-refractivity contribution in [3.63, 3.8) is 0 Å². The highest BCUT2D eigenvalue weighted by molar-refractivity contribution is 5.99. The molecule has 1 aromatic carbocycles. The minimum atomic E-state index is -0.450. The second-order valence-electron chi connectivity index (χ2n) is 4.32. The zero-order chi connectivity index (χ0) is 12.4. The lowest BCUT2D eigenvalue weighted by molar-refractivity contribution is 0.0783. The van der Waals surface area contributed by atoms with Gasteiger partial charge in [-0.15, -0.1) is 0 Å². The van der Waals surface area contributed by atoms with E-state index in [1.807, 2.05) is 0 Å². The van der Waals surface area contributed by atoms with E-state index in [2.05, 4.69) is 0 Å². The Hall–Kier alpha value is -1.62. The van der Waals surface area contributed by atoms with Crippen molar-refractivity contribution in [2.24, 2.45) is 5.92 Å². The number of nitrogens with zero attached hydrogens (tertiary/aromatic N) is 1. The standard InChI is InChI=1S/C12H15FN2O2/c13-9-1-2-10(11(14)5-9)12(17)15-4-3-8(6-15)7-16/h1-2,5,8,16H,3-4,6-7,14H2. The minimum absolute atomic E-state index is 0.0860. The van der Waals surface area contributed by atoms with Crippen LogP contribution in [-0.4, -0.2) is 35.6 Å². The number of hydrogen-bond acceptors (Lipinski definition) is 3. The fourth-order valence-corrected chi connectivity index (χ4v) is 2.06. The third-order valence-electron chi connectivity index (χ3n) is 3.08. The average Bonchev–Trinajstić information content (AvgIpc) is 2.76. The van der Waals surface area contributed by atoms with Gasteiger partial charge < -0.3 is 15.7 Å². The second kappa shape index (κ2) is 4.71. The molecule has 0 radical (unpaired) electrons. The summed E-state index contributed by atoms with van der Waals surface area (Å²) in [7, 11) is 0. The summed E-state index contributed by atoms with van der Waals surface area (Å²) in [6.07, 6.45) is 0.795. The van der Waals surface area contributed by atoms with E-state index >= 15 is 0 Å². The first kappa shape index (κ1) is 11.9. The summed E-state index contributed by atoms with van der Waals surface area (Å²) in [6, 6.07) is 3.77. The molecule has 2 rings (SSSR count). The molecule has 0 spiro atoms. The summed E-state index contributed by atoms with van der Waals surface area (Å²) in [5, 5.41) is 9.01. The molecule has 17 heavy (non-hydrogen) atoms. The molecule has 1 aliphatic heterocycles. The topological polar surface area (TPSA) is 66.6 Å². The number of carbonyl (C=O) groups excluding carboxylic acids is 1. The van der Waals surface area contributed by atoms with Gasteiger partial charge in [-0.3, -0.25) is 4.79 Å². The number of hydrogen-bond donors (Lipinski definition) is 2. The Morgan fingerprint density at radius 1 is 1.59 bits per heavy atom. The van der Waals surface area contributed by atoms with E-state index in [0.29, 0.717) is 18.7 Å². The van der Waals surface area contributed by atoms with Gasteiger partial charge in [-0.2, -0.15) is 0 Å². The molecule has 92 valence electrons. The first-order valence-electron chi connectivity index (χ1n) is 5.57. The van der Waals surface area contributed by atoms with Crippen molar-refractivity contribution in [2.45, 2.75) is 6.42 Å². The largest absolute Gasteiger partial charge is 0.398 e. The summed E-state index contributed by atoms with van der Waals surface area (Å²) in [5.74, 6) is -0.507. The highest BCUT2D eigenvalue weighted by Crippen LogP contribution is 2.21. The van der Waals surface area contributed by atoms with Gasteiger partial charge in [0.25, 0.3) is 5.91 Å².